The van der Waals surface area contributed by atoms with E-state index in [1.807, 2.05) is 20.8 Å². The van der Waals surface area contributed by atoms with Crippen molar-refractivity contribution < 1.29 is 18.7 Å². The van der Waals surface area contributed by atoms with Crippen molar-refractivity contribution in [3.63, 3.8) is 0 Å². The van der Waals surface area contributed by atoms with Crippen LogP contribution in [0.1, 0.15) is 51.7 Å². The molecule has 1 unspecified atom stereocenters. The van der Waals surface area contributed by atoms with Gasteiger partial charge in [-0.05, 0) is 61.0 Å². The first-order valence-electron chi connectivity index (χ1n) is 10.4. The van der Waals surface area contributed by atoms with Gasteiger partial charge in [-0.3, -0.25) is 4.99 Å². The van der Waals surface area contributed by atoms with Crippen molar-refractivity contribution in [2.24, 2.45) is 10.9 Å². The van der Waals surface area contributed by atoms with E-state index < -0.39 is 11.4 Å². The van der Waals surface area contributed by atoms with Gasteiger partial charge in [0.2, 0.25) is 0 Å². The van der Waals surface area contributed by atoms with Crippen LogP contribution in [-0.4, -0.2) is 45.6 Å². The van der Waals surface area contributed by atoms with Crippen LogP contribution in [0.3, 0.4) is 0 Å². The first kappa shape index (κ1) is 22.1. The van der Waals surface area contributed by atoms with Crippen molar-refractivity contribution in [2.45, 2.75) is 59.4 Å². The number of fused-ring (bicyclic) bond motifs is 3. The number of amides is 1. The van der Waals surface area contributed by atoms with E-state index in [4.69, 9.17) is 14.5 Å². The maximum absolute atomic E-state index is 14.9. The van der Waals surface area contributed by atoms with Gasteiger partial charge in [-0.2, -0.15) is 5.10 Å². The molecule has 0 bridgehead atoms. The molecule has 2 aromatic rings. The smallest absolute Gasteiger partial charge is 0.410 e. The summed E-state index contributed by atoms with van der Waals surface area (Å²) in [6.07, 6.45) is 2.83. The van der Waals surface area contributed by atoms with E-state index in [2.05, 4.69) is 33.1 Å². The second kappa shape index (κ2) is 8.43. The van der Waals surface area contributed by atoms with Crippen molar-refractivity contribution in [3.8, 4) is 0 Å². The number of likely N-dealkylation sites (tertiary alicyclic amines) is 1. The van der Waals surface area contributed by atoms with Gasteiger partial charge in [0.25, 0.3) is 0 Å². The predicted octanol–water partition coefficient (Wildman–Crippen LogP) is 5.30. The molecule has 1 aromatic carbocycles. The Hall–Kier alpha value is -2.13. The number of carbonyl (C=O) groups excluding carboxylic acids is 1. The minimum absolute atomic E-state index is 0.170. The minimum Gasteiger partial charge on any atom is -0.444 e. The number of aromatic nitrogens is 2. The molecule has 9 heteroatoms. The lowest BCUT2D eigenvalue weighted by atomic mass is 10.0. The van der Waals surface area contributed by atoms with Gasteiger partial charge < -0.3 is 14.4 Å². The summed E-state index contributed by atoms with van der Waals surface area (Å²) in [5.74, 6) is -0.141. The summed E-state index contributed by atoms with van der Waals surface area (Å²) >= 11 is 3.32. The molecule has 166 valence electrons. The molecular formula is C22H26BrFN4O3. The minimum atomic E-state index is -0.569. The molecule has 2 aliphatic rings. The number of hydrogen-bond acceptors (Lipinski definition) is 6. The summed E-state index contributed by atoms with van der Waals surface area (Å²) in [6.45, 7) is 9.35. The second-order valence-electron chi connectivity index (χ2n) is 9.21. The SMILES string of the molecule is CC1CCC(=Nc2cnnc3c(F)c(Br)c4c(c23)COC4)CN(C(=O)OC(C)(C)C)C1. The number of hydrogen-bond donors (Lipinski definition) is 0. The van der Waals surface area contributed by atoms with Crippen LogP contribution >= 0.6 is 15.9 Å². The van der Waals surface area contributed by atoms with E-state index in [-0.39, 0.29) is 11.6 Å². The van der Waals surface area contributed by atoms with Crippen LogP contribution in [0.5, 0.6) is 0 Å². The van der Waals surface area contributed by atoms with Crippen molar-refractivity contribution in [1.82, 2.24) is 15.1 Å². The Morgan fingerprint density at radius 3 is 2.84 bits per heavy atom. The van der Waals surface area contributed by atoms with E-state index in [1.165, 1.54) is 0 Å². The molecule has 0 N–H and O–H groups in total. The lowest BCUT2D eigenvalue weighted by Gasteiger charge is -2.27. The Morgan fingerprint density at radius 1 is 1.35 bits per heavy atom. The lowest BCUT2D eigenvalue weighted by molar-refractivity contribution is 0.0261. The van der Waals surface area contributed by atoms with E-state index in [1.54, 1.807) is 11.1 Å². The summed E-state index contributed by atoms with van der Waals surface area (Å²) in [4.78, 5) is 19.3. The molecule has 3 heterocycles. The molecule has 0 spiro atoms. The predicted molar refractivity (Wildman–Crippen MR) is 119 cm³/mol. The number of carbonyl (C=O) groups is 1. The molecule has 31 heavy (non-hydrogen) atoms. The van der Waals surface area contributed by atoms with Gasteiger partial charge in [0, 0.05) is 23.2 Å². The Morgan fingerprint density at radius 2 is 2.10 bits per heavy atom. The van der Waals surface area contributed by atoms with Gasteiger partial charge in [-0.1, -0.05) is 6.92 Å². The fourth-order valence-electron chi connectivity index (χ4n) is 3.97. The summed E-state index contributed by atoms with van der Waals surface area (Å²) in [6, 6.07) is 0. The topological polar surface area (TPSA) is 76.9 Å². The van der Waals surface area contributed by atoms with Crippen LogP contribution in [-0.2, 0) is 22.7 Å². The fraction of sp³-hybridized carbons (Fsp3) is 0.545. The molecule has 7 nitrogen and oxygen atoms in total. The highest BCUT2D eigenvalue weighted by molar-refractivity contribution is 9.10. The molecule has 1 atom stereocenters. The maximum atomic E-state index is 14.9. The third kappa shape index (κ3) is 4.57. The van der Waals surface area contributed by atoms with Crippen LogP contribution in [0.15, 0.2) is 15.7 Å². The molecule has 4 rings (SSSR count). The highest BCUT2D eigenvalue weighted by atomic mass is 79.9. The van der Waals surface area contributed by atoms with E-state index >= 15 is 0 Å². The summed E-state index contributed by atoms with van der Waals surface area (Å²) in [7, 11) is 0. The van der Waals surface area contributed by atoms with Crippen molar-refractivity contribution in [1.29, 1.82) is 0 Å². The summed E-state index contributed by atoms with van der Waals surface area (Å²) in [5, 5.41) is 8.63. The Kier molecular flexibility index (Phi) is 6.00. The van der Waals surface area contributed by atoms with Crippen molar-refractivity contribution in [3.05, 3.63) is 27.6 Å². The van der Waals surface area contributed by atoms with E-state index in [9.17, 15) is 9.18 Å². The van der Waals surface area contributed by atoms with Gasteiger partial charge in [-0.15, -0.1) is 5.10 Å². The molecule has 2 aliphatic heterocycles. The van der Waals surface area contributed by atoms with E-state index in [0.717, 1.165) is 29.7 Å². The quantitative estimate of drug-likeness (QED) is 0.539. The number of aliphatic imine (C=N–C) groups is 1. The first-order valence-corrected chi connectivity index (χ1v) is 11.2. The van der Waals surface area contributed by atoms with Crippen LogP contribution in [0.4, 0.5) is 14.9 Å². The number of rotatable bonds is 1. The highest BCUT2D eigenvalue weighted by Gasteiger charge is 2.28. The van der Waals surface area contributed by atoms with E-state index in [0.29, 0.717) is 47.8 Å². The largest absolute Gasteiger partial charge is 0.444 e. The average molecular weight is 493 g/mol. The van der Waals surface area contributed by atoms with Crippen LogP contribution in [0.2, 0.25) is 0 Å². The standard InChI is InChI=1S/C22H26BrFN4O3/c1-12-5-6-13(9-28(8-12)21(29)31-22(2,3)4)26-16-7-25-27-20-17(16)14-10-30-11-15(14)18(23)19(20)24/h7,12H,5-6,8-11H2,1-4H3. The zero-order valence-corrected chi connectivity index (χ0v) is 19.8. The summed E-state index contributed by atoms with van der Waals surface area (Å²) < 4.78 is 26.4. The molecule has 1 amide bonds. The zero-order valence-electron chi connectivity index (χ0n) is 18.2. The summed E-state index contributed by atoms with van der Waals surface area (Å²) in [5.41, 5.74) is 2.64. The Bertz CT molecular complexity index is 1070. The molecule has 1 aromatic heterocycles. The third-order valence-electron chi connectivity index (χ3n) is 5.42. The maximum Gasteiger partial charge on any atom is 0.410 e. The van der Waals surface area contributed by atoms with Crippen LogP contribution < -0.4 is 0 Å². The van der Waals surface area contributed by atoms with Gasteiger partial charge in [0.05, 0.1) is 36.1 Å². The van der Waals surface area contributed by atoms with Crippen molar-refractivity contribution >= 4 is 44.3 Å². The first-order chi connectivity index (χ1) is 14.6. The molecule has 0 aliphatic carbocycles. The Balaban J connectivity index is 1.75. The van der Waals surface area contributed by atoms with Gasteiger partial charge in [0.1, 0.15) is 11.1 Å². The number of benzene rings is 1. The zero-order chi connectivity index (χ0) is 22.3. The van der Waals surface area contributed by atoms with Gasteiger partial charge >= 0.3 is 6.09 Å². The normalized spacial score (nSPS) is 20.8. The fourth-order valence-corrected chi connectivity index (χ4v) is 4.51. The number of ether oxygens (including phenoxy) is 2. The highest BCUT2D eigenvalue weighted by Crippen LogP contribution is 2.40. The average Bonchev–Trinajstić information content (AvgIpc) is 3.10. The molecular weight excluding hydrogens is 467 g/mol. The van der Waals surface area contributed by atoms with Crippen molar-refractivity contribution in [2.75, 3.05) is 13.1 Å². The number of nitrogens with zero attached hydrogens (tertiary/aromatic N) is 4. The monoisotopic (exact) mass is 492 g/mol. The third-order valence-corrected chi connectivity index (χ3v) is 6.24. The lowest BCUT2D eigenvalue weighted by Crippen LogP contribution is -2.40. The van der Waals surface area contributed by atoms with Gasteiger partial charge in [-0.25, -0.2) is 9.18 Å². The molecule has 0 saturated carbocycles. The van der Waals surface area contributed by atoms with Crippen LogP contribution in [0.25, 0.3) is 10.9 Å². The molecule has 1 fully saturated rings. The Labute approximate surface area is 189 Å². The van der Waals surface area contributed by atoms with Crippen LogP contribution in [0, 0.1) is 11.7 Å². The molecule has 1 saturated heterocycles. The second-order valence-corrected chi connectivity index (χ2v) is 10.0. The van der Waals surface area contributed by atoms with Gasteiger partial charge in [0.15, 0.2) is 5.82 Å². The molecule has 0 radical (unpaired) electrons. The number of halogens is 2.